The average Bonchev–Trinajstić information content (AvgIpc) is 1.84. The van der Waals surface area contributed by atoms with Crippen LogP contribution in [0.1, 0.15) is 20.3 Å². The molecule has 47 valence electrons. The predicted molar refractivity (Wildman–Crippen MR) is 38.5 cm³/mol. The Morgan fingerprint density at radius 3 is 2.25 bits per heavy atom. The summed E-state index contributed by atoms with van der Waals surface area (Å²) >= 11 is 0. The molecule has 0 nitrogen and oxygen atoms in total. The first-order chi connectivity index (χ1) is 3.72. The highest BCUT2D eigenvalue weighted by Gasteiger charge is 2.03. The van der Waals surface area contributed by atoms with Gasteiger partial charge in [-0.2, -0.15) is 0 Å². The van der Waals surface area contributed by atoms with E-state index in [0.717, 1.165) is 0 Å². The van der Waals surface area contributed by atoms with Gasteiger partial charge >= 0.3 is 0 Å². The van der Waals surface area contributed by atoms with E-state index < -0.39 is 0 Å². The SMILES string of the molecule is [CH2]C(C=C)C(C)CC. The number of hydrogen-bond donors (Lipinski definition) is 0. The lowest BCUT2D eigenvalue weighted by Gasteiger charge is -2.11. The van der Waals surface area contributed by atoms with Crippen LogP contribution in [0.25, 0.3) is 0 Å². The molecule has 0 spiro atoms. The summed E-state index contributed by atoms with van der Waals surface area (Å²) in [4.78, 5) is 0. The molecule has 0 aliphatic rings. The van der Waals surface area contributed by atoms with E-state index in [4.69, 9.17) is 0 Å². The summed E-state index contributed by atoms with van der Waals surface area (Å²) in [7, 11) is 0. The largest absolute Gasteiger partial charge is 0.103 e. The molecule has 0 heteroatoms. The molecule has 0 saturated heterocycles. The van der Waals surface area contributed by atoms with E-state index >= 15 is 0 Å². The standard InChI is InChI=1S/C8H15/c1-5-7(3)8(4)6-2/h5,7-8H,1,3,6H2,2,4H3. The second-order valence-corrected chi connectivity index (χ2v) is 2.29. The molecule has 0 amide bonds. The molecule has 0 saturated carbocycles. The van der Waals surface area contributed by atoms with Crippen LogP contribution in [0.15, 0.2) is 12.7 Å². The zero-order valence-electron chi connectivity index (χ0n) is 5.85. The van der Waals surface area contributed by atoms with Crippen LogP contribution in [0.4, 0.5) is 0 Å². The number of allylic oxidation sites excluding steroid dienone is 1. The summed E-state index contributed by atoms with van der Waals surface area (Å²) in [6, 6.07) is 0. The fraction of sp³-hybridized carbons (Fsp3) is 0.625. The Hall–Kier alpha value is -0.260. The second-order valence-electron chi connectivity index (χ2n) is 2.29. The van der Waals surface area contributed by atoms with Gasteiger partial charge in [0.05, 0.1) is 0 Å². The quantitative estimate of drug-likeness (QED) is 0.491. The van der Waals surface area contributed by atoms with Crippen molar-refractivity contribution in [2.45, 2.75) is 20.3 Å². The molecule has 0 aliphatic carbocycles. The van der Waals surface area contributed by atoms with E-state index in [2.05, 4.69) is 27.4 Å². The molecule has 2 atom stereocenters. The summed E-state index contributed by atoms with van der Waals surface area (Å²) in [5.74, 6) is 1.12. The summed E-state index contributed by atoms with van der Waals surface area (Å²) in [5, 5.41) is 0. The number of hydrogen-bond acceptors (Lipinski definition) is 0. The van der Waals surface area contributed by atoms with Gasteiger partial charge in [-0.25, -0.2) is 0 Å². The Morgan fingerprint density at radius 2 is 2.12 bits per heavy atom. The highest BCUT2D eigenvalue weighted by Crippen LogP contribution is 2.13. The summed E-state index contributed by atoms with van der Waals surface area (Å²) < 4.78 is 0. The lowest BCUT2D eigenvalue weighted by molar-refractivity contribution is 0.481. The Bertz CT molecular complexity index is 64.4. The Balaban J connectivity index is 3.44. The molecular formula is C8H15. The van der Waals surface area contributed by atoms with Crippen molar-refractivity contribution < 1.29 is 0 Å². The third kappa shape index (κ3) is 2.15. The van der Waals surface area contributed by atoms with Gasteiger partial charge in [0.2, 0.25) is 0 Å². The van der Waals surface area contributed by atoms with Crippen LogP contribution < -0.4 is 0 Å². The minimum atomic E-state index is 0.431. The first-order valence-electron chi connectivity index (χ1n) is 3.18. The van der Waals surface area contributed by atoms with Gasteiger partial charge in [-0.15, -0.1) is 6.58 Å². The molecule has 0 aliphatic heterocycles. The minimum Gasteiger partial charge on any atom is -0.103 e. The van der Waals surface area contributed by atoms with Gasteiger partial charge in [0, 0.05) is 0 Å². The van der Waals surface area contributed by atoms with Gasteiger partial charge < -0.3 is 0 Å². The highest BCUT2D eigenvalue weighted by molar-refractivity contribution is 4.83. The van der Waals surface area contributed by atoms with Crippen molar-refractivity contribution in [2.24, 2.45) is 11.8 Å². The fourth-order valence-corrected chi connectivity index (χ4v) is 0.535. The molecule has 0 N–H and O–H groups in total. The third-order valence-electron chi connectivity index (χ3n) is 1.68. The second kappa shape index (κ2) is 3.71. The van der Waals surface area contributed by atoms with E-state index in [1.807, 2.05) is 6.08 Å². The van der Waals surface area contributed by atoms with Crippen LogP contribution in [0.2, 0.25) is 0 Å². The van der Waals surface area contributed by atoms with Crippen LogP contribution >= 0.6 is 0 Å². The van der Waals surface area contributed by atoms with E-state index in [-0.39, 0.29) is 0 Å². The molecule has 0 aromatic heterocycles. The van der Waals surface area contributed by atoms with Gasteiger partial charge in [-0.3, -0.25) is 0 Å². The Kier molecular flexibility index (Phi) is 3.59. The molecule has 8 heavy (non-hydrogen) atoms. The Morgan fingerprint density at radius 1 is 1.62 bits per heavy atom. The van der Waals surface area contributed by atoms with Crippen molar-refractivity contribution in [3.8, 4) is 0 Å². The molecule has 0 heterocycles. The maximum atomic E-state index is 3.91. The predicted octanol–water partition coefficient (Wildman–Crippen LogP) is 2.67. The normalized spacial score (nSPS) is 17.4. The monoisotopic (exact) mass is 111 g/mol. The van der Waals surface area contributed by atoms with Gasteiger partial charge in [0.25, 0.3) is 0 Å². The van der Waals surface area contributed by atoms with Crippen molar-refractivity contribution in [3.63, 3.8) is 0 Å². The van der Waals surface area contributed by atoms with Crippen molar-refractivity contribution >= 4 is 0 Å². The van der Waals surface area contributed by atoms with E-state index in [1.165, 1.54) is 6.42 Å². The van der Waals surface area contributed by atoms with Gasteiger partial charge in [0.15, 0.2) is 0 Å². The van der Waals surface area contributed by atoms with E-state index in [0.29, 0.717) is 11.8 Å². The third-order valence-corrected chi connectivity index (χ3v) is 1.68. The van der Waals surface area contributed by atoms with Crippen molar-refractivity contribution in [1.29, 1.82) is 0 Å². The minimum absolute atomic E-state index is 0.431. The summed E-state index contributed by atoms with van der Waals surface area (Å²) in [5.41, 5.74) is 0. The molecule has 0 fully saturated rings. The maximum absolute atomic E-state index is 3.91. The molecule has 2 unspecified atom stereocenters. The van der Waals surface area contributed by atoms with E-state index in [1.54, 1.807) is 0 Å². The topological polar surface area (TPSA) is 0 Å². The van der Waals surface area contributed by atoms with Gasteiger partial charge in [0.1, 0.15) is 0 Å². The molecule has 0 aromatic carbocycles. The smallest absolute Gasteiger partial charge is 0.0210 e. The zero-order chi connectivity index (χ0) is 6.57. The van der Waals surface area contributed by atoms with Crippen LogP contribution in [-0.4, -0.2) is 0 Å². The highest BCUT2D eigenvalue weighted by atomic mass is 14.1. The summed E-state index contributed by atoms with van der Waals surface area (Å²) in [6.45, 7) is 11.9. The molecular weight excluding hydrogens is 96.1 g/mol. The lowest BCUT2D eigenvalue weighted by atomic mass is 9.94. The zero-order valence-corrected chi connectivity index (χ0v) is 5.85. The Labute approximate surface area is 52.6 Å². The van der Waals surface area contributed by atoms with Crippen LogP contribution in [-0.2, 0) is 0 Å². The van der Waals surface area contributed by atoms with Crippen LogP contribution in [0, 0.1) is 18.8 Å². The first-order valence-corrected chi connectivity index (χ1v) is 3.18. The molecule has 0 rings (SSSR count). The average molecular weight is 111 g/mol. The van der Waals surface area contributed by atoms with Gasteiger partial charge in [-0.1, -0.05) is 26.3 Å². The van der Waals surface area contributed by atoms with Crippen molar-refractivity contribution in [3.05, 3.63) is 19.6 Å². The first kappa shape index (κ1) is 7.74. The summed E-state index contributed by atoms with van der Waals surface area (Å²) in [6.07, 6.45) is 3.11. The molecule has 0 aromatic rings. The number of rotatable bonds is 3. The van der Waals surface area contributed by atoms with Crippen molar-refractivity contribution in [1.82, 2.24) is 0 Å². The van der Waals surface area contributed by atoms with Crippen LogP contribution in [0.5, 0.6) is 0 Å². The van der Waals surface area contributed by atoms with E-state index in [9.17, 15) is 0 Å². The lowest BCUT2D eigenvalue weighted by Crippen LogP contribution is -2.02. The van der Waals surface area contributed by atoms with Crippen molar-refractivity contribution in [2.75, 3.05) is 0 Å². The molecule has 0 bridgehead atoms. The maximum Gasteiger partial charge on any atom is -0.0210 e. The molecule has 1 radical (unpaired) electrons. The van der Waals surface area contributed by atoms with Gasteiger partial charge in [-0.05, 0) is 18.8 Å². The van der Waals surface area contributed by atoms with Crippen LogP contribution in [0.3, 0.4) is 0 Å². The fourth-order valence-electron chi connectivity index (χ4n) is 0.535.